The number of rotatable bonds is 2. The normalized spacial score (nSPS) is 17.9. The van der Waals surface area contributed by atoms with E-state index in [4.69, 9.17) is 9.47 Å². The van der Waals surface area contributed by atoms with Gasteiger partial charge in [-0.3, -0.25) is 4.79 Å². The molecule has 1 aromatic rings. The average molecular weight is 285 g/mol. The molecule has 84 valence electrons. The minimum absolute atomic E-state index is 0.228. The van der Waals surface area contributed by atoms with Gasteiger partial charge in [0.05, 0.1) is 12.2 Å². The molecule has 1 aliphatic rings. The van der Waals surface area contributed by atoms with E-state index in [1.54, 1.807) is 25.1 Å². The van der Waals surface area contributed by atoms with E-state index in [9.17, 15) is 9.59 Å². The molecule has 2 rings (SSSR count). The van der Waals surface area contributed by atoms with E-state index in [0.717, 1.165) is 4.47 Å². The minimum Gasteiger partial charge on any atom is -0.470 e. The van der Waals surface area contributed by atoms with Gasteiger partial charge >= 0.3 is 5.97 Å². The van der Waals surface area contributed by atoms with Gasteiger partial charge in [-0.1, -0.05) is 15.9 Å². The number of esters is 1. The van der Waals surface area contributed by atoms with Gasteiger partial charge in [-0.25, -0.2) is 4.79 Å². The molecule has 1 heterocycles. The number of ketones is 1. The molecule has 0 fully saturated rings. The van der Waals surface area contributed by atoms with Crippen LogP contribution in [0.4, 0.5) is 0 Å². The van der Waals surface area contributed by atoms with Gasteiger partial charge in [0.1, 0.15) is 5.75 Å². The van der Waals surface area contributed by atoms with Gasteiger partial charge in [0.25, 0.3) is 6.10 Å². The first-order valence-corrected chi connectivity index (χ1v) is 5.60. The Bertz CT molecular complexity index is 455. The number of fused-ring (bicyclic) bond motifs is 1. The highest BCUT2D eigenvalue weighted by molar-refractivity contribution is 9.10. The lowest BCUT2D eigenvalue weighted by Crippen LogP contribution is -2.32. The van der Waals surface area contributed by atoms with Crippen LogP contribution in [-0.2, 0) is 9.53 Å². The standard InChI is InChI=1S/C11H9BrO4/c1-2-15-11(14)10-9(13)7-5-6(12)3-4-8(7)16-10/h3-5,10H,2H2,1H3/t10-/m0/s1. The van der Waals surface area contributed by atoms with Crippen LogP contribution in [0.25, 0.3) is 0 Å². The first-order chi connectivity index (χ1) is 7.63. The van der Waals surface area contributed by atoms with Crippen molar-refractivity contribution in [1.29, 1.82) is 0 Å². The number of carbonyl (C=O) groups excluding carboxylic acids is 2. The molecule has 1 aromatic carbocycles. The van der Waals surface area contributed by atoms with Crippen LogP contribution < -0.4 is 4.74 Å². The molecule has 0 unspecified atom stereocenters. The van der Waals surface area contributed by atoms with Crippen LogP contribution in [0, 0.1) is 0 Å². The zero-order valence-electron chi connectivity index (χ0n) is 8.53. The second-order valence-corrected chi connectivity index (χ2v) is 4.17. The quantitative estimate of drug-likeness (QED) is 0.615. The molecule has 0 bridgehead atoms. The maximum Gasteiger partial charge on any atom is 0.355 e. The molecule has 0 amide bonds. The van der Waals surface area contributed by atoms with Crippen molar-refractivity contribution in [1.82, 2.24) is 0 Å². The van der Waals surface area contributed by atoms with Gasteiger partial charge in [-0.15, -0.1) is 0 Å². The van der Waals surface area contributed by atoms with Gasteiger partial charge in [0.15, 0.2) is 0 Å². The molecule has 5 heteroatoms. The van der Waals surface area contributed by atoms with E-state index in [1.165, 1.54) is 0 Å². The van der Waals surface area contributed by atoms with Crippen molar-refractivity contribution in [3.63, 3.8) is 0 Å². The van der Waals surface area contributed by atoms with E-state index >= 15 is 0 Å². The number of halogens is 1. The number of benzene rings is 1. The van der Waals surface area contributed by atoms with Crippen molar-refractivity contribution in [2.45, 2.75) is 13.0 Å². The Hall–Kier alpha value is -1.36. The third kappa shape index (κ3) is 1.82. The lowest BCUT2D eigenvalue weighted by Gasteiger charge is -2.07. The van der Waals surface area contributed by atoms with Crippen LogP contribution in [0.1, 0.15) is 17.3 Å². The molecular weight excluding hydrogens is 276 g/mol. The number of hydrogen-bond donors (Lipinski definition) is 0. The van der Waals surface area contributed by atoms with E-state index < -0.39 is 12.1 Å². The van der Waals surface area contributed by atoms with E-state index in [1.807, 2.05) is 0 Å². The van der Waals surface area contributed by atoms with Crippen molar-refractivity contribution >= 4 is 27.7 Å². The highest BCUT2D eigenvalue weighted by Gasteiger charge is 2.39. The molecule has 1 aliphatic heterocycles. The lowest BCUT2D eigenvalue weighted by molar-refractivity contribution is -0.148. The summed E-state index contributed by atoms with van der Waals surface area (Å²) in [7, 11) is 0. The molecule has 0 saturated heterocycles. The Morgan fingerprint density at radius 2 is 2.31 bits per heavy atom. The Morgan fingerprint density at radius 1 is 1.56 bits per heavy atom. The summed E-state index contributed by atoms with van der Waals surface area (Å²) in [5, 5.41) is 0. The first-order valence-electron chi connectivity index (χ1n) is 4.80. The summed E-state index contributed by atoms with van der Waals surface area (Å²) in [5.41, 5.74) is 0.410. The predicted octanol–water partition coefficient (Wildman–Crippen LogP) is 1.96. The zero-order chi connectivity index (χ0) is 11.7. The largest absolute Gasteiger partial charge is 0.470 e. The number of ether oxygens (including phenoxy) is 2. The van der Waals surface area contributed by atoms with Crippen LogP contribution in [0.3, 0.4) is 0 Å². The first kappa shape index (κ1) is 11.1. The Balaban J connectivity index is 2.27. The lowest BCUT2D eigenvalue weighted by atomic mass is 10.1. The fraction of sp³-hybridized carbons (Fsp3) is 0.273. The van der Waals surface area contributed by atoms with Crippen molar-refractivity contribution in [2.75, 3.05) is 6.61 Å². The van der Waals surface area contributed by atoms with Crippen LogP contribution in [0.2, 0.25) is 0 Å². The summed E-state index contributed by atoms with van der Waals surface area (Å²) in [4.78, 5) is 23.2. The molecule has 0 N–H and O–H groups in total. The van der Waals surface area contributed by atoms with Crippen LogP contribution in [0.5, 0.6) is 5.75 Å². The van der Waals surface area contributed by atoms with Crippen LogP contribution in [0.15, 0.2) is 22.7 Å². The maximum atomic E-state index is 11.8. The zero-order valence-corrected chi connectivity index (χ0v) is 10.1. The number of carbonyl (C=O) groups is 2. The topological polar surface area (TPSA) is 52.6 Å². The van der Waals surface area contributed by atoms with Gasteiger partial charge in [0, 0.05) is 4.47 Å². The smallest absolute Gasteiger partial charge is 0.355 e. The van der Waals surface area contributed by atoms with Gasteiger partial charge in [-0.05, 0) is 25.1 Å². The second-order valence-electron chi connectivity index (χ2n) is 3.25. The van der Waals surface area contributed by atoms with Crippen LogP contribution in [-0.4, -0.2) is 24.5 Å². The molecule has 0 aromatic heterocycles. The fourth-order valence-electron chi connectivity index (χ4n) is 1.49. The molecule has 0 aliphatic carbocycles. The SMILES string of the molecule is CCOC(=O)[C@H]1Oc2ccc(Br)cc2C1=O. The van der Waals surface area contributed by atoms with Crippen molar-refractivity contribution in [3.05, 3.63) is 28.2 Å². The maximum absolute atomic E-state index is 11.8. The highest BCUT2D eigenvalue weighted by Crippen LogP contribution is 2.31. The second kappa shape index (κ2) is 4.25. The summed E-state index contributed by atoms with van der Waals surface area (Å²) in [5.74, 6) is -0.569. The highest BCUT2D eigenvalue weighted by atomic mass is 79.9. The third-order valence-electron chi connectivity index (χ3n) is 2.19. The average Bonchev–Trinajstić information content (AvgIpc) is 2.57. The summed E-state index contributed by atoms with van der Waals surface area (Å²) in [6, 6.07) is 5.03. The number of Topliss-reactive ketones (excluding diaryl/α,β-unsaturated/α-hetero) is 1. The molecule has 0 radical (unpaired) electrons. The summed E-state index contributed by atoms with van der Waals surface area (Å²) < 4.78 is 10.8. The summed E-state index contributed by atoms with van der Waals surface area (Å²) in [6.45, 7) is 1.91. The Kier molecular flexibility index (Phi) is 2.96. The number of hydrogen-bond acceptors (Lipinski definition) is 4. The Labute approximate surface area is 101 Å². The van der Waals surface area contributed by atoms with Crippen molar-refractivity contribution in [3.8, 4) is 5.75 Å². The monoisotopic (exact) mass is 284 g/mol. The summed E-state index contributed by atoms with van der Waals surface area (Å²) in [6.07, 6.45) is -1.15. The minimum atomic E-state index is -1.15. The molecule has 0 saturated carbocycles. The van der Waals surface area contributed by atoms with E-state index in [0.29, 0.717) is 11.3 Å². The molecule has 0 spiro atoms. The van der Waals surface area contributed by atoms with E-state index in [-0.39, 0.29) is 12.4 Å². The summed E-state index contributed by atoms with van der Waals surface area (Å²) >= 11 is 3.26. The fourth-order valence-corrected chi connectivity index (χ4v) is 1.85. The predicted molar refractivity (Wildman–Crippen MR) is 59.5 cm³/mol. The molecule has 4 nitrogen and oxygen atoms in total. The van der Waals surface area contributed by atoms with E-state index in [2.05, 4.69) is 15.9 Å². The third-order valence-corrected chi connectivity index (χ3v) is 2.68. The van der Waals surface area contributed by atoms with Crippen LogP contribution >= 0.6 is 15.9 Å². The van der Waals surface area contributed by atoms with Gasteiger partial charge in [0.2, 0.25) is 5.78 Å². The molecular formula is C11H9BrO4. The van der Waals surface area contributed by atoms with Crippen molar-refractivity contribution < 1.29 is 19.1 Å². The molecule has 16 heavy (non-hydrogen) atoms. The van der Waals surface area contributed by atoms with Gasteiger partial charge < -0.3 is 9.47 Å². The van der Waals surface area contributed by atoms with Crippen molar-refractivity contribution in [2.24, 2.45) is 0 Å². The molecule has 1 atom stereocenters. The van der Waals surface area contributed by atoms with Gasteiger partial charge in [-0.2, -0.15) is 0 Å². The Morgan fingerprint density at radius 3 is 3.00 bits per heavy atom.